The lowest BCUT2D eigenvalue weighted by Crippen LogP contribution is -1.99. The summed E-state index contributed by atoms with van der Waals surface area (Å²) < 4.78 is 7.44. The first-order valence-corrected chi connectivity index (χ1v) is 7.40. The second-order valence-electron chi connectivity index (χ2n) is 4.98. The molecule has 0 spiro atoms. The lowest BCUT2D eigenvalue weighted by atomic mass is 10.1. The van der Waals surface area contributed by atoms with E-state index in [1.54, 1.807) is 18.4 Å². The Morgan fingerprint density at radius 1 is 1.30 bits per heavy atom. The van der Waals surface area contributed by atoms with Crippen LogP contribution in [0.3, 0.4) is 0 Å². The average Bonchev–Trinajstić information content (AvgIpc) is 2.99. The molecule has 20 heavy (non-hydrogen) atoms. The minimum absolute atomic E-state index is 0.408. The van der Waals surface area contributed by atoms with Crippen LogP contribution in [0, 0.1) is 0 Å². The maximum absolute atomic E-state index is 6.33. The standard InChI is InChI=1S/C15H17N3OS/c1-9(2)11-8-20-15-17-13(14(16)18(11)15)10-6-4-5-7-12(10)19-3/h4-9H,16H2,1-3H3. The Morgan fingerprint density at radius 2 is 2.05 bits per heavy atom. The van der Waals surface area contributed by atoms with E-state index in [1.807, 2.05) is 28.7 Å². The van der Waals surface area contributed by atoms with Crippen molar-refractivity contribution in [1.82, 2.24) is 9.38 Å². The van der Waals surface area contributed by atoms with E-state index in [1.165, 1.54) is 5.69 Å². The number of methoxy groups -OCH3 is 1. The maximum Gasteiger partial charge on any atom is 0.196 e. The third-order valence-corrected chi connectivity index (χ3v) is 4.22. The number of hydrogen-bond donors (Lipinski definition) is 1. The van der Waals surface area contributed by atoms with Gasteiger partial charge in [0.1, 0.15) is 17.3 Å². The van der Waals surface area contributed by atoms with E-state index < -0.39 is 0 Å². The van der Waals surface area contributed by atoms with Crippen molar-refractivity contribution < 1.29 is 4.74 Å². The molecule has 104 valence electrons. The molecule has 5 heteroatoms. The monoisotopic (exact) mass is 287 g/mol. The van der Waals surface area contributed by atoms with E-state index in [9.17, 15) is 0 Å². The molecule has 3 aromatic rings. The van der Waals surface area contributed by atoms with Gasteiger partial charge in [-0.1, -0.05) is 26.0 Å². The van der Waals surface area contributed by atoms with Gasteiger partial charge in [0.05, 0.1) is 7.11 Å². The Kier molecular flexibility index (Phi) is 3.14. The molecular weight excluding hydrogens is 270 g/mol. The fraction of sp³-hybridized carbons (Fsp3) is 0.267. The molecule has 4 nitrogen and oxygen atoms in total. The molecule has 1 aromatic carbocycles. The molecule has 2 aromatic heterocycles. The highest BCUT2D eigenvalue weighted by atomic mass is 32.1. The fourth-order valence-corrected chi connectivity index (χ4v) is 3.40. The van der Waals surface area contributed by atoms with Crippen molar-refractivity contribution in [3.63, 3.8) is 0 Å². The van der Waals surface area contributed by atoms with E-state index >= 15 is 0 Å². The number of thiazole rings is 1. The predicted molar refractivity (Wildman–Crippen MR) is 83.6 cm³/mol. The Morgan fingerprint density at radius 3 is 2.75 bits per heavy atom. The minimum atomic E-state index is 0.408. The van der Waals surface area contributed by atoms with Gasteiger partial charge in [0.25, 0.3) is 0 Å². The molecule has 3 rings (SSSR count). The van der Waals surface area contributed by atoms with Crippen molar-refractivity contribution in [3.05, 3.63) is 35.3 Å². The molecule has 0 aliphatic heterocycles. The summed E-state index contributed by atoms with van der Waals surface area (Å²) in [5, 5.41) is 2.12. The zero-order valence-electron chi connectivity index (χ0n) is 11.8. The number of fused-ring (bicyclic) bond motifs is 1. The van der Waals surface area contributed by atoms with Crippen LogP contribution in [0.5, 0.6) is 5.75 Å². The molecule has 2 heterocycles. The third-order valence-electron chi connectivity index (χ3n) is 3.38. The number of rotatable bonds is 3. The first kappa shape index (κ1) is 13.0. The summed E-state index contributed by atoms with van der Waals surface area (Å²) >= 11 is 1.62. The van der Waals surface area contributed by atoms with Crippen LogP contribution in [0.1, 0.15) is 25.5 Å². The minimum Gasteiger partial charge on any atom is -0.496 e. The highest BCUT2D eigenvalue weighted by Gasteiger charge is 2.19. The molecule has 0 unspecified atom stereocenters. The smallest absolute Gasteiger partial charge is 0.196 e. The summed E-state index contributed by atoms with van der Waals surface area (Å²) in [6.45, 7) is 4.31. The van der Waals surface area contributed by atoms with Crippen molar-refractivity contribution in [1.29, 1.82) is 0 Å². The number of aromatic nitrogens is 2. The van der Waals surface area contributed by atoms with Crippen LogP contribution in [0.25, 0.3) is 16.2 Å². The molecule has 0 saturated carbocycles. The third kappa shape index (κ3) is 1.86. The largest absolute Gasteiger partial charge is 0.496 e. The van der Waals surface area contributed by atoms with E-state index in [0.717, 1.165) is 22.0 Å². The van der Waals surface area contributed by atoms with Gasteiger partial charge in [0, 0.05) is 16.6 Å². The Hall–Kier alpha value is -2.01. The Bertz CT molecular complexity index is 758. The van der Waals surface area contributed by atoms with Gasteiger partial charge >= 0.3 is 0 Å². The lowest BCUT2D eigenvalue weighted by molar-refractivity contribution is 0.416. The molecule has 0 saturated heterocycles. The number of imidazole rings is 1. The van der Waals surface area contributed by atoms with Gasteiger partial charge in [-0.15, -0.1) is 11.3 Å². The summed E-state index contributed by atoms with van der Waals surface area (Å²) in [6, 6.07) is 7.81. The van der Waals surface area contributed by atoms with Crippen LogP contribution in [0.15, 0.2) is 29.6 Å². The number of ether oxygens (including phenoxy) is 1. The zero-order chi connectivity index (χ0) is 14.3. The first-order valence-electron chi connectivity index (χ1n) is 6.52. The van der Waals surface area contributed by atoms with Crippen molar-refractivity contribution in [2.24, 2.45) is 0 Å². The number of hydrogen-bond acceptors (Lipinski definition) is 4. The fourth-order valence-electron chi connectivity index (χ4n) is 2.34. The SMILES string of the molecule is COc1ccccc1-c1nc2scc(C(C)C)n2c1N. The van der Waals surface area contributed by atoms with Crippen LogP contribution in [-0.2, 0) is 0 Å². The van der Waals surface area contributed by atoms with E-state index in [-0.39, 0.29) is 0 Å². The Balaban J connectivity index is 2.25. The molecule has 0 aliphatic rings. The number of anilines is 1. The molecule has 0 bridgehead atoms. The topological polar surface area (TPSA) is 52.5 Å². The zero-order valence-corrected chi connectivity index (χ0v) is 12.6. The van der Waals surface area contributed by atoms with Gasteiger partial charge in [-0.05, 0) is 18.1 Å². The van der Waals surface area contributed by atoms with Gasteiger partial charge in [0.15, 0.2) is 4.96 Å². The summed E-state index contributed by atoms with van der Waals surface area (Å²) in [7, 11) is 1.66. The van der Waals surface area contributed by atoms with Gasteiger partial charge in [-0.3, -0.25) is 4.40 Å². The van der Waals surface area contributed by atoms with Crippen molar-refractivity contribution >= 4 is 22.1 Å². The summed E-state index contributed by atoms with van der Waals surface area (Å²) in [4.78, 5) is 5.59. The first-order chi connectivity index (χ1) is 9.63. The van der Waals surface area contributed by atoms with Gasteiger partial charge in [0.2, 0.25) is 0 Å². The lowest BCUT2D eigenvalue weighted by Gasteiger charge is -2.08. The normalized spacial score (nSPS) is 11.4. The van der Waals surface area contributed by atoms with Crippen LogP contribution in [0.2, 0.25) is 0 Å². The van der Waals surface area contributed by atoms with Gasteiger partial charge in [-0.2, -0.15) is 0 Å². The van der Waals surface area contributed by atoms with Gasteiger partial charge < -0.3 is 10.5 Å². The molecule has 0 radical (unpaired) electrons. The highest BCUT2D eigenvalue weighted by molar-refractivity contribution is 7.15. The number of benzene rings is 1. The summed E-state index contributed by atoms with van der Waals surface area (Å²) in [5.41, 5.74) is 9.24. The van der Waals surface area contributed by atoms with Crippen LogP contribution >= 0.6 is 11.3 Å². The van der Waals surface area contributed by atoms with E-state index in [0.29, 0.717) is 11.7 Å². The molecule has 0 aliphatic carbocycles. The molecular formula is C15H17N3OS. The summed E-state index contributed by atoms with van der Waals surface area (Å²) in [5.74, 6) is 1.87. The maximum atomic E-state index is 6.33. The van der Waals surface area contributed by atoms with Crippen molar-refractivity contribution in [2.75, 3.05) is 12.8 Å². The number of nitrogen functional groups attached to an aromatic ring is 1. The quantitative estimate of drug-likeness (QED) is 0.797. The second kappa shape index (κ2) is 4.83. The number of nitrogens with zero attached hydrogens (tertiary/aromatic N) is 2. The second-order valence-corrected chi connectivity index (χ2v) is 5.82. The van der Waals surface area contributed by atoms with Crippen LogP contribution in [0.4, 0.5) is 5.82 Å². The molecule has 0 amide bonds. The predicted octanol–water partition coefficient (Wildman–Crippen LogP) is 3.78. The van der Waals surface area contributed by atoms with Crippen molar-refractivity contribution in [3.8, 4) is 17.0 Å². The molecule has 0 fully saturated rings. The number of para-hydroxylation sites is 1. The number of nitrogens with two attached hydrogens (primary N) is 1. The van der Waals surface area contributed by atoms with Crippen LogP contribution < -0.4 is 10.5 Å². The van der Waals surface area contributed by atoms with Gasteiger partial charge in [-0.25, -0.2) is 4.98 Å². The van der Waals surface area contributed by atoms with E-state index in [4.69, 9.17) is 10.5 Å². The van der Waals surface area contributed by atoms with Crippen LogP contribution in [-0.4, -0.2) is 16.5 Å². The van der Waals surface area contributed by atoms with Crippen molar-refractivity contribution in [2.45, 2.75) is 19.8 Å². The highest BCUT2D eigenvalue weighted by Crippen LogP contribution is 2.36. The Labute approximate surface area is 121 Å². The molecule has 2 N–H and O–H groups in total. The summed E-state index contributed by atoms with van der Waals surface area (Å²) in [6.07, 6.45) is 0. The molecule has 0 atom stereocenters. The van der Waals surface area contributed by atoms with E-state index in [2.05, 4.69) is 24.2 Å². The average molecular weight is 287 g/mol.